The summed E-state index contributed by atoms with van der Waals surface area (Å²) in [5, 5.41) is 18.2. The fraction of sp³-hybridized carbons (Fsp3) is 0.364. The quantitative estimate of drug-likeness (QED) is 0.467. The van der Waals surface area contributed by atoms with E-state index in [1.165, 1.54) is 12.1 Å². The summed E-state index contributed by atoms with van der Waals surface area (Å²) in [4.78, 5) is 9.98. The van der Waals surface area contributed by atoms with Crippen molar-refractivity contribution in [3.05, 3.63) is 39.9 Å². The summed E-state index contributed by atoms with van der Waals surface area (Å²) in [6.45, 7) is 4.08. The minimum absolute atomic E-state index is 0.0658. The van der Waals surface area contributed by atoms with E-state index >= 15 is 0 Å². The molecule has 0 aromatic heterocycles. The van der Waals surface area contributed by atoms with Gasteiger partial charge >= 0.3 is 0 Å². The van der Waals surface area contributed by atoms with E-state index in [0.717, 1.165) is 5.56 Å². The number of rotatable bonds is 4. The Morgan fingerprint density at radius 1 is 1.40 bits per heavy atom. The Kier molecular flexibility index (Phi) is 3.55. The minimum Gasteiger partial charge on any atom is -0.305 e. The maximum absolute atomic E-state index is 10.4. The van der Waals surface area contributed by atoms with Crippen molar-refractivity contribution in [3.8, 4) is 0 Å². The smallest absolute Gasteiger partial charge is 0.269 e. The van der Waals surface area contributed by atoms with Gasteiger partial charge in [-0.25, -0.2) is 0 Å². The van der Waals surface area contributed by atoms with Gasteiger partial charge in [-0.2, -0.15) is 0 Å². The molecule has 0 saturated carbocycles. The number of nitro benzene ring substituents is 1. The predicted octanol–water partition coefficient (Wildman–Crippen LogP) is 3.01. The summed E-state index contributed by atoms with van der Waals surface area (Å²) in [6, 6.07) is 6.13. The van der Waals surface area contributed by atoms with Gasteiger partial charge in [0.2, 0.25) is 0 Å². The Hall–Kier alpha value is -1.71. The van der Waals surface area contributed by atoms with Gasteiger partial charge in [-0.05, 0) is 30.0 Å². The number of hydrogen-bond donors (Lipinski definition) is 1. The van der Waals surface area contributed by atoms with Gasteiger partial charge in [0.15, 0.2) is 0 Å². The second-order valence-electron chi connectivity index (χ2n) is 3.88. The average molecular weight is 206 g/mol. The van der Waals surface area contributed by atoms with Gasteiger partial charge in [-0.1, -0.05) is 13.8 Å². The molecule has 4 heteroatoms. The third kappa shape index (κ3) is 3.16. The molecule has 0 unspecified atom stereocenters. The summed E-state index contributed by atoms with van der Waals surface area (Å²) in [7, 11) is 0. The Morgan fingerprint density at radius 3 is 2.33 bits per heavy atom. The van der Waals surface area contributed by atoms with Crippen molar-refractivity contribution in [2.24, 2.45) is 5.92 Å². The fourth-order valence-corrected chi connectivity index (χ4v) is 1.31. The van der Waals surface area contributed by atoms with Gasteiger partial charge in [0, 0.05) is 17.8 Å². The fourth-order valence-electron chi connectivity index (χ4n) is 1.31. The molecule has 15 heavy (non-hydrogen) atoms. The zero-order valence-corrected chi connectivity index (χ0v) is 8.86. The van der Waals surface area contributed by atoms with E-state index in [0.29, 0.717) is 18.1 Å². The number of benzene rings is 1. The number of nitro groups is 1. The maximum atomic E-state index is 10.4. The molecular formula is C11H14N2O2. The highest BCUT2D eigenvalue weighted by Crippen LogP contribution is 2.14. The van der Waals surface area contributed by atoms with Gasteiger partial charge < -0.3 is 5.41 Å². The highest BCUT2D eigenvalue weighted by molar-refractivity contribution is 5.98. The minimum atomic E-state index is -0.435. The van der Waals surface area contributed by atoms with Crippen molar-refractivity contribution in [2.45, 2.75) is 20.3 Å². The maximum Gasteiger partial charge on any atom is 0.269 e. The standard InChI is InChI=1S/C11H14N2O2/c1-8(2)7-11(12)9-3-5-10(6-4-9)13(14)15/h3-6,8,12H,7H2,1-2H3. The van der Waals surface area contributed by atoms with Crippen LogP contribution in [-0.2, 0) is 0 Å². The lowest BCUT2D eigenvalue weighted by Gasteiger charge is -2.06. The van der Waals surface area contributed by atoms with Crippen LogP contribution in [0.2, 0.25) is 0 Å². The Labute approximate surface area is 88.6 Å². The lowest BCUT2D eigenvalue weighted by atomic mass is 10.0. The molecule has 0 atom stereocenters. The molecule has 0 radical (unpaired) electrons. The van der Waals surface area contributed by atoms with E-state index in [1.54, 1.807) is 12.1 Å². The number of hydrogen-bond acceptors (Lipinski definition) is 3. The molecule has 1 rings (SSSR count). The first kappa shape index (κ1) is 11.4. The summed E-state index contributed by atoms with van der Waals surface area (Å²) < 4.78 is 0. The van der Waals surface area contributed by atoms with E-state index in [-0.39, 0.29) is 5.69 Å². The molecule has 1 aromatic rings. The van der Waals surface area contributed by atoms with Gasteiger partial charge in [0.25, 0.3) is 5.69 Å². The first-order valence-corrected chi connectivity index (χ1v) is 4.83. The van der Waals surface area contributed by atoms with E-state index in [4.69, 9.17) is 5.41 Å². The van der Waals surface area contributed by atoms with E-state index < -0.39 is 4.92 Å². The molecule has 0 amide bonds. The molecule has 0 fully saturated rings. The van der Waals surface area contributed by atoms with E-state index in [9.17, 15) is 10.1 Å². The van der Waals surface area contributed by atoms with E-state index in [2.05, 4.69) is 0 Å². The molecule has 1 N–H and O–H groups in total. The third-order valence-electron chi connectivity index (χ3n) is 2.04. The van der Waals surface area contributed by atoms with Crippen LogP contribution >= 0.6 is 0 Å². The van der Waals surface area contributed by atoms with Crippen molar-refractivity contribution >= 4 is 11.4 Å². The summed E-state index contributed by atoms with van der Waals surface area (Å²) in [5.41, 5.74) is 1.35. The van der Waals surface area contributed by atoms with Crippen LogP contribution in [0.4, 0.5) is 5.69 Å². The largest absolute Gasteiger partial charge is 0.305 e. The van der Waals surface area contributed by atoms with Crippen LogP contribution < -0.4 is 0 Å². The highest BCUT2D eigenvalue weighted by Gasteiger charge is 2.07. The molecule has 0 aliphatic rings. The zero-order chi connectivity index (χ0) is 11.4. The first-order chi connectivity index (χ1) is 7.00. The van der Waals surface area contributed by atoms with Crippen LogP contribution in [0.3, 0.4) is 0 Å². The topological polar surface area (TPSA) is 67.0 Å². The molecule has 4 nitrogen and oxygen atoms in total. The molecule has 0 saturated heterocycles. The lowest BCUT2D eigenvalue weighted by Crippen LogP contribution is -2.03. The molecule has 1 aromatic carbocycles. The predicted molar refractivity (Wildman–Crippen MR) is 59.4 cm³/mol. The molecule has 0 heterocycles. The van der Waals surface area contributed by atoms with Gasteiger partial charge in [0.05, 0.1) is 4.92 Å². The average Bonchev–Trinajstić information content (AvgIpc) is 2.17. The molecule has 80 valence electrons. The van der Waals surface area contributed by atoms with Crippen LogP contribution in [0, 0.1) is 21.4 Å². The molecule has 0 aliphatic heterocycles. The zero-order valence-electron chi connectivity index (χ0n) is 8.86. The Bertz CT molecular complexity index is 369. The SMILES string of the molecule is CC(C)CC(=N)c1ccc([N+](=O)[O-])cc1. The molecule has 0 bridgehead atoms. The lowest BCUT2D eigenvalue weighted by molar-refractivity contribution is -0.384. The third-order valence-corrected chi connectivity index (χ3v) is 2.04. The van der Waals surface area contributed by atoms with Crippen LogP contribution in [0.1, 0.15) is 25.8 Å². The van der Waals surface area contributed by atoms with Crippen LogP contribution in [-0.4, -0.2) is 10.6 Å². The molecule has 0 spiro atoms. The van der Waals surface area contributed by atoms with Crippen LogP contribution in [0.15, 0.2) is 24.3 Å². The summed E-state index contributed by atoms with van der Waals surface area (Å²) in [5.74, 6) is 0.424. The van der Waals surface area contributed by atoms with Gasteiger partial charge in [0.1, 0.15) is 0 Å². The van der Waals surface area contributed by atoms with Crippen molar-refractivity contribution in [2.75, 3.05) is 0 Å². The van der Waals surface area contributed by atoms with Crippen molar-refractivity contribution in [1.82, 2.24) is 0 Å². The van der Waals surface area contributed by atoms with Gasteiger partial charge in [-0.15, -0.1) is 0 Å². The number of nitrogens with zero attached hydrogens (tertiary/aromatic N) is 1. The second-order valence-corrected chi connectivity index (χ2v) is 3.88. The normalized spacial score (nSPS) is 10.3. The van der Waals surface area contributed by atoms with Crippen molar-refractivity contribution < 1.29 is 4.92 Å². The summed E-state index contributed by atoms with van der Waals surface area (Å²) >= 11 is 0. The van der Waals surface area contributed by atoms with Crippen LogP contribution in [0.25, 0.3) is 0 Å². The van der Waals surface area contributed by atoms with Crippen molar-refractivity contribution in [1.29, 1.82) is 5.41 Å². The molecular weight excluding hydrogens is 192 g/mol. The number of nitrogens with one attached hydrogen (secondary N) is 1. The number of non-ortho nitro benzene ring substituents is 1. The van der Waals surface area contributed by atoms with E-state index in [1.807, 2.05) is 13.8 Å². The molecule has 0 aliphatic carbocycles. The van der Waals surface area contributed by atoms with Crippen LogP contribution in [0.5, 0.6) is 0 Å². The van der Waals surface area contributed by atoms with Gasteiger partial charge in [-0.3, -0.25) is 10.1 Å². The Morgan fingerprint density at radius 2 is 1.93 bits per heavy atom. The van der Waals surface area contributed by atoms with Crippen molar-refractivity contribution in [3.63, 3.8) is 0 Å². The first-order valence-electron chi connectivity index (χ1n) is 4.83. The monoisotopic (exact) mass is 206 g/mol. The Balaban J connectivity index is 2.80. The highest BCUT2D eigenvalue weighted by atomic mass is 16.6. The second kappa shape index (κ2) is 4.68. The summed E-state index contributed by atoms with van der Waals surface area (Å²) in [6.07, 6.45) is 0.692.